The maximum Gasteiger partial charge on any atom is 0.137 e. The summed E-state index contributed by atoms with van der Waals surface area (Å²) in [4.78, 5) is 12.0. The highest BCUT2D eigenvalue weighted by Gasteiger charge is 1.96. The molecule has 0 aromatic carbocycles. The van der Waals surface area contributed by atoms with Gasteiger partial charge >= 0.3 is 0 Å². The molecule has 0 amide bonds. The van der Waals surface area contributed by atoms with Crippen LogP contribution in [0.2, 0.25) is 0 Å². The number of nitrogens with zero attached hydrogens (tertiary/aromatic N) is 5. The van der Waals surface area contributed by atoms with E-state index < -0.39 is 0 Å². The fourth-order valence-electron chi connectivity index (χ4n) is 1.08. The predicted molar refractivity (Wildman–Crippen MR) is 45.9 cm³/mol. The molecule has 0 aliphatic heterocycles. The largest absolute Gasteiger partial charge is 0.247 e. The lowest BCUT2D eigenvalue weighted by molar-refractivity contribution is 0.668. The van der Waals surface area contributed by atoms with Crippen LogP contribution >= 0.6 is 0 Å². The molecule has 5 nitrogen and oxygen atoms in total. The summed E-state index contributed by atoms with van der Waals surface area (Å²) in [6.07, 6.45) is 4.73. The van der Waals surface area contributed by atoms with Crippen molar-refractivity contribution in [3.63, 3.8) is 0 Å². The average Bonchev–Trinajstić information content (AvgIpc) is 2.57. The molecule has 0 saturated carbocycles. The summed E-state index contributed by atoms with van der Waals surface area (Å²) in [5.41, 5.74) is 1.91. The molecule has 13 heavy (non-hydrogen) atoms. The smallest absolute Gasteiger partial charge is 0.137 e. The van der Waals surface area contributed by atoms with Crippen LogP contribution in [0.4, 0.5) is 0 Å². The van der Waals surface area contributed by atoms with E-state index >= 15 is 0 Å². The summed E-state index contributed by atoms with van der Waals surface area (Å²) in [7, 11) is 0. The lowest BCUT2D eigenvalue weighted by Gasteiger charge is -1.99. The summed E-state index contributed by atoms with van der Waals surface area (Å²) in [6, 6.07) is 1.93. The van der Waals surface area contributed by atoms with Crippen molar-refractivity contribution in [2.75, 3.05) is 0 Å². The maximum atomic E-state index is 4.11. The van der Waals surface area contributed by atoms with E-state index in [9.17, 15) is 0 Å². The zero-order chi connectivity index (χ0) is 9.10. The highest BCUT2D eigenvalue weighted by Crippen LogP contribution is 1.98. The molecule has 5 heteroatoms. The van der Waals surface area contributed by atoms with Crippen LogP contribution in [0.15, 0.2) is 25.0 Å². The molecule has 0 bridgehead atoms. The second-order valence-corrected chi connectivity index (χ2v) is 2.74. The standard InChI is InChI=1S/C8H9N5/c1-7-2-8(11-5-10-7)3-13-6-9-4-12-13/h2,4-6H,3H2,1H3. The fraction of sp³-hybridized carbons (Fsp3) is 0.250. The van der Waals surface area contributed by atoms with E-state index in [0.29, 0.717) is 6.54 Å². The number of hydrogen-bond acceptors (Lipinski definition) is 4. The van der Waals surface area contributed by atoms with Crippen LogP contribution in [0.3, 0.4) is 0 Å². The van der Waals surface area contributed by atoms with Crippen LogP contribution in [0.25, 0.3) is 0 Å². The van der Waals surface area contributed by atoms with E-state index in [1.54, 1.807) is 17.3 Å². The van der Waals surface area contributed by atoms with Gasteiger partial charge < -0.3 is 0 Å². The van der Waals surface area contributed by atoms with Crippen LogP contribution < -0.4 is 0 Å². The average molecular weight is 175 g/mol. The van der Waals surface area contributed by atoms with Gasteiger partial charge in [-0.25, -0.2) is 19.6 Å². The van der Waals surface area contributed by atoms with Crippen molar-refractivity contribution < 1.29 is 0 Å². The van der Waals surface area contributed by atoms with Gasteiger partial charge in [0, 0.05) is 5.69 Å². The third-order valence-corrected chi connectivity index (χ3v) is 1.65. The minimum Gasteiger partial charge on any atom is -0.247 e. The lowest BCUT2D eigenvalue weighted by atomic mass is 10.3. The molecule has 2 aromatic rings. The fourth-order valence-corrected chi connectivity index (χ4v) is 1.08. The third kappa shape index (κ3) is 1.87. The van der Waals surface area contributed by atoms with Gasteiger partial charge in [-0.1, -0.05) is 0 Å². The molecule has 2 rings (SSSR count). The molecule has 0 spiro atoms. The van der Waals surface area contributed by atoms with Gasteiger partial charge in [0.15, 0.2) is 0 Å². The van der Waals surface area contributed by atoms with Crippen LogP contribution in [0.1, 0.15) is 11.4 Å². The summed E-state index contributed by atoms with van der Waals surface area (Å²) >= 11 is 0. The normalized spacial score (nSPS) is 10.2. The number of hydrogen-bond donors (Lipinski definition) is 0. The van der Waals surface area contributed by atoms with Crippen molar-refractivity contribution in [2.24, 2.45) is 0 Å². The van der Waals surface area contributed by atoms with Crippen molar-refractivity contribution >= 4 is 0 Å². The molecule has 0 aliphatic rings. The van der Waals surface area contributed by atoms with Gasteiger partial charge in [0.05, 0.1) is 12.2 Å². The first-order chi connectivity index (χ1) is 6.34. The Balaban J connectivity index is 2.19. The highest BCUT2D eigenvalue weighted by atomic mass is 15.3. The molecule has 0 unspecified atom stereocenters. The molecule has 0 radical (unpaired) electrons. The monoisotopic (exact) mass is 175 g/mol. The SMILES string of the molecule is Cc1cc(Cn2cncn2)ncn1. The third-order valence-electron chi connectivity index (χ3n) is 1.65. The number of aryl methyl sites for hydroxylation is 1. The van der Waals surface area contributed by atoms with E-state index in [1.165, 1.54) is 6.33 Å². The molecular weight excluding hydrogens is 166 g/mol. The second-order valence-electron chi connectivity index (χ2n) is 2.74. The van der Waals surface area contributed by atoms with Crippen molar-refractivity contribution in [2.45, 2.75) is 13.5 Å². The predicted octanol–water partition coefficient (Wildman–Crippen LogP) is 0.425. The van der Waals surface area contributed by atoms with Gasteiger partial charge in [0.1, 0.15) is 19.0 Å². The Kier molecular flexibility index (Phi) is 1.99. The van der Waals surface area contributed by atoms with E-state index in [-0.39, 0.29) is 0 Å². The molecule has 0 saturated heterocycles. The molecule has 0 N–H and O–H groups in total. The number of aromatic nitrogens is 5. The van der Waals surface area contributed by atoms with E-state index in [0.717, 1.165) is 11.4 Å². The molecule has 0 fully saturated rings. The Morgan fingerprint density at radius 2 is 2.23 bits per heavy atom. The van der Waals surface area contributed by atoms with Crippen molar-refractivity contribution in [3.05, 3.63) is 36.4 Å². The summed E-state index contributed by atoms with van der Waals surface area (Å²) in [6.45, 7) is 2.58. The first-order valence-corrected chi connectivity index (χ1v) is 3.94. The summed E-state index contributed by atoms with van der Waals surface area (Å²) in [5, 5.41) is 3.99. The first kappa shape index (κ1) is 7.85. The molecule has 66 valence electrons. The Morgan fingerprint density at radius 1 is 1.31 bits per heavy atom. The Bertz CT molecular complexity index is 381. The van der Waals surface area contributed by atoms with Gasteiger partial charge in [-0.15, -0.1) is 0 Å². The Labute approximate surface area is 75.5 Å². The zero-order valence-electron chi connectivity index (χ0n) is 7.25. The van der Waals surface area contributed by atoms with E-state index in [1.807, 2.05) is 13.0 Å². The molecule has 2 heterocycles. The van der Waals surface area contributed by atoms with E-state index in [4.69, 9.17) is 0 Å². The van der Waals surface area contributed by atoms with Gasteiger partial charge in [-0.2, -0.15) is 5.10 Å². The molecule has 0 aliphatic carbocycles. The molecule has 0 atom stereocenters. The van der Waals surface area contributed by atoms with Gasteiger partial charge in [-0.05, 0) is 13.0 Å². The minimum atomic E-state index is 0.642. The topological polar surface area (TPSA) is 56.5 Å². The van der Waals surface area contributed by atoms with Crippen molar-refractivity contribution in [1.82, 2.24) is 24.7 Å². The second kappa shape index (κ2) is 3.30. The summed E-state index contributed by atoms with van der Waals surface area (Å²) < 4.78 is 1.72. The van der Waals surface area contributed by atoms with E-state index in [2.05, 4.69) is 20.1 Å². The van der Waals surface area contributed by atoms with Crippen LogP contribution in [0.5, 0.6) is 0 Å². The van der Waals surface area contributed by atoms with Crippen molar-refractivity contribution in [1.29, 1.82) is 0 Å². The minimum absolute atomic E-state index is 0.642. The maximum absolute atomic E-state index is 4.11. The highest BCUT2D eigenvalue weighted by molar-refractivity contribution is 5.06. The quantitative estimate of drug-likeness (QED) is 0.664. The lowest BCUT2D eigenvalue weighted by Crippen LogP contribution is -2.02. The zero-order valence-corrected chi connectivity index (χ0v) is 7.25. The number of rotatable bonds is 2. The first-order valence-electron chi connectivity index (χ1n) is 3.94. The summed E-state index contributed by atoms with van der Waals surface area (Å²) in [5.74, 6) is 0. The Morgan fingerprint density at radius 3 is 2.92 bits per heavy atom. The Hall–Kier alpha value is -1.78. The van der Waals surface area contributed by atoms with Crippen LogP contribution in [-0.4, -0.2) is 24.7 Å². The molecule has 2 aromatic heterocycles. The van der Waals surface area contributed by atoms with Gasteiger partial charge in [-0.3, -0.25) is 0 Å². The van der Waals surface area contributed by atoms with Crippen LogP contribution in [0, 0.1) is 6.92 Å². The van der Waals surface area contributed by atoms with Crippen molar-refractivity contribution in [3.8, 4) is 0 Å². The molecular formula is C8H9N5. The van der Waals surface area contributed by atoms with Gasteiger partial charge in [0.2, 0.25) is 0 Å². The van der Waals surface area contributed by atoms with Gasteiger partial charge in [0.25, 0.3) is 0 Å². The van der Waals surface area contributed by atoms with Crippen LogP contribution in [-0.2, 0) is 6.54 Å².